The Kier molecular flexibility index (Phi) is 5.00. The summed E-state index contributed by atoms with van der Waals surface area (Å²) in [5, 5.41) is 0. The minimum atomic E-state index is 0.595. The van der Waals surface area contributed by atoms with E-state index in [9.17, 15) is 0 Å². The Hall–Kier alpha value is -0.860. The van der Waals surface area contributed by atoms with Crippen molar-refractivity contribution < 1.29 is 4.74 Å². The highest BCUT2D eigenvalue weighted by Crippen LogP contribution is 2.25. The quantitative estimate of drug-likeness (QED) is 0.818. The minimum absolute atomic E-state index is 0.595. The van der Waals surface area contributed by atoms with Gasteiger partial charge in [0.2, 0.25) is 0 Å². The van der Waals surface area contributed by atoms with Crippen molar-refractivity contribution in [3.05, 3.63) is 34.9 Å². The standard InChI is InChI=1S/C17H27NO/c1-13(2)15-5-6-17(14(3)4)16(11-15)12-18-7-9-19-10-8-18/h5-6,11,13-14H,7-10,12H2,1-4H3. The molecule has 0 aromatic heterocycles. The van der Waals surface area contributed by atoms with Crippen LogP contribution in [0.1, 0.15) is 56.2 Å². The zero-order chi connectivity index (χ0) is 13.8. The Bertz CT molecular complexity index is 406. The largest absolute Gasteiger partial charge is 0.379 e. The minimum Gasteiger partial charge on any atom is -0.379 e. The van der Waals surface area contributed by atoms with Crippen molar-refractivity contribution in [3.8, 4) is 0 Å². The van der Waals surface area contributed by atoms with Gasteiger partial charge >= 0.3 is 0 Å². The molecular weight excluding hydrogens is 234 g/mol. The molecule has 1 aromatic carbocycles. The van der Waals surface area contributed by atoms with Crippen molar-refractivity contribution in [1.29, 1.82) is 0 Å². The number of nitrogens with zero attached hydrogens (tertiary/aromatic N) is 1. The fraction of sp³-hybridized carbons (Fsp3) is 0.647. The lowest BCUT2D eigenvalue weighted by Crippen LogP contribution is -2.36. The molecule has 0 radical (unpaired) electrons. The Balaban J connectivity index is 2.21. The molecule has 1 saturated heterocycles. The van der Waals surface area contributed by atoms with E-state index in [1.54, 1.807) is 0 Å². The van der Waals surface area contributed by atoms with E-state index in [0.717, 1.165) is 32.8 Å². The Labute approximate surface area is 117 Å². The maximum atomic E-state index is 5.44. The summed E-state index contributed by atoms with van der Waals surface area (Å²) in [6.45, 7) is 14.0. The lowest BCUT2D eigenvalue weighted by atomic mass is 9.92. The molecule has 0 N–H and O–H groups in total. The van der Waals surface area contributed by atoms with Crippen LogP contribution in [-0.2, 0) is 11.3 Å². The maximum absolute atomic E-state index is 5.44. The molecule has 0 aliphatic carbocycles. The van der Waals surface area contributed by atoms with E-state index in [4.69, 9.17) is 4.74 Å². The highest BCUT2D eigenvalue weighted by Gasteiger charge is 2.15. The van der Waals surface area contributed by atoms with Crippen LogP contribution in [0.5, 0.6) is 0 Å². The zero-order valence-electron chi connectivity index (χ0n) is 12.8. The Morgan fingerprint density at radius 1 is 1.05 bits per heavy atom. The topological polar surface area (TPSA) is 12.5 Å². The van der Waals surface area contributed by atoms with Gasteiger partial charge in [0.1, 0.15) is 0 Å². The summed E-state index contributed by atoms with van der Waals surface area (Å²) >= 11 is 0. The van der Waals surface area contributed by atoms with Crippen LogP contribution in [0.2, 0.25) is 0 Å². The molecule has 2 nitrogen and oxygen atoms in total. The van der Waals surface area contributed by atoms with Crippen molar-refractivity contribution in [1.82, 2.24) is 4.90 Å². The van der Waals surface area contributed by atoms with Crippen LogP contribution in [0.4, 0.5) is 0 Å². The molecule has 1 aliphatic rings. The van der Waals surface area contributed by atoms with Crippen LogP contribution < -0.4 is 0 Å². The van der Waals surface area contributed by atoms with Gasteiger partial charge in [-0.05, 0) is 28.5 Å². The van der Waals surface area contributed by atoms with E-state index in [1.165, 1.54) is 16.7 Å². The van der Waals surface area contributed by atoms with E-state index in [2.05, 4.69) is 50.8 Å². The Morgan fingerprint density at radius 2 is 1.74 bits per heavy atom. The second kappa shape index (κ2) is 6.53. The smallest absolute Gasteiger partial charge is 0.0594 e. The number of hydrogen-bond donors (Lipinski definition) is 0. The Morgan fingerprint density at radius 3 is 2.32 bits per heavy atom. The van der Waals surface area contributed by atoms with Gasteiger partial charge in [-0.25, -0.2) is 0 Å². The summed E-state index contributed by atoms with van der Waals surface area (Å²) in [6.07, 6.45) is 0. The molecule has 2 rings (SSSR count). The van der Waals surface area contributed by atoms with Crippen molar-refractivity contribution in [2.75, 3.05) is 26.3 Å². The lowest BCUT2D eigenvalue weighted by molar-refractivity contribution is 0.0340. The molecule has 2 heteroatoms. The molecule has 19 heavy (non-hydrogen) atoms. The number of rotatable bonds is 4. The number of hydrogen-bond acceptors (Lipinski definition) is 2. The van der Waals surface area contributed by atoms with Crippen LogP contribution >= 0.6 is 0 Å². The predicted molar refractivity (Wildman–Crippen MR) is 80.7 cm³/mol. The number of ether oxygens (including phenoxy) is 1. The van der Waals surface area contributed by atoms with Gasteiger partial charge in [0.15, 0.2) is 0 Å². The highest BCUT2D eigenvalue weighted by molar-refractivity contribution is 5.35. The summed E-state index contributed by atoms with van der Waals surface area (Å²) in [5.74, 6) is 1.20. The van der Waals surface area contributed by atoms with Gasteiger partial charge in [0, 0.05) is 19.6 Å². The van der Waals surface area contributed by atoms with Crippen LogP contribution in [0.25, 0.3) is 0 Å². The lowest BCUT2D eigenvalue weighted by Gasteiger charge is -2.28. The van der Waals surface area contributed by atoms with Gasteiger partial charge in [-0.1, -0.05) is 45.9 Å². The van der Waals surface area contributed by atoms with E-state index in [0.29, 0.717) is 11.8 Å². The molecule has 0 spiro atoms. The zero-order valence-corrected chi connectivity index (χ0v) is 12.8. The highest BCUT2D eigenvalue weighted by atomic mass is 16.5. The molecule has 1 heterocycles. The molecule has 0 amide bonds. The first-order valence-corrected chi connectivity index (χ1v) is 7.50. The molecule has 0 unspecified atom stereocenters. The van der Waals surface area contributed by atoms with Crippen molar-refractivity contribution in [2.45, 2.75) is 46.1 Å². The third kappa shape index (κ3) is 3.80. The second-order valence-electron chi connectivity index (χ2n) is 6.16. The third-order valence-electron chi connectivity index (χ3n) is 3.95. The predicted octanol–water partition coefficient (Wildman–Crippen LogP) is 3.77. The molecule has 106 valence electrons. The van der Waals surface area contributed by atoms with E-state index < -0.39 is 0 Å². The average molecular weight is 261 g/mol. The van der Waals surface area contributed by atoms with E-state index in [1.807, 2.05) is 0 Å². The van der Waals surface area contributed by atoms with Gasteiger partial charge in [-0.3, -0.25) is 4.90 Å². The molecule has 0 saturated carbocycles. The summed E-state index contributed by atoms with van der Waals surface area (Å²) < 4.78 is 5.44. The van der Waals surface area contributed by atoms with Crippen LogP contribution in [0.3, 0.4) is 0 Å². The molecule has 0 atom stereocenters. The molecule has 1 aliphatic heterocycles. The summed E-state index contributed by atoms with van der Waals surface area (Å²) in [4.78, 5) is 2.51. The summed E-state index contributed by atoms with van der Waals surface area (Å²) in [6, 6.07) is 7.04. The van der Waals surface area contributed by atoms with Crippen LogP contribution in [-0.4, -0.2) is 31.2 Å². The fourth-order valence-electron chi connectivity index (χ4n) is 2.69. The molecular formula is C17H27NO. The van der Waals surface area contributed by atoms with Crippen LogP contribution in [0.15, 0.2) is 18.2 Å². The molecule has 1 fully saturated rings. The second-order valence-corrected chi connectivity index (χ2v) is 6.16. The first kappa shape index (κ1) is 14.5. The van der Waals surface area contributed by atoms with Gasteiger partial charge < -0.3 is 4.74 Å². The average Bonchev–Trinajstić information content (AvgIpc) is 2.39. The number of benzene rings is 1. The first-order chi connectivity index (χ1) is 9.08. The van der Waals surface area contributed by atoms with Gasteiger partial charge in [-0.15, -0.1) is 0 Å². The monoisotopic (exact) mass is 261 g/mol. The normalized spacial score (nSPS) is 17.4. The van der Waals surface area contributed by atoms with Crippen molar-refractivity contribution in [2.24, 2.45) is 0 Å². The number of morpholine rings is 1. The van der Waals surface area contributed by atoms with Crippen molar-refractivity contribution in [3.63, 3.8) is 0 Å². The first-order valence-electron chi connectivity index (χ1n) is 7.50. The molecule has 0 bridgehead atoms. The van der Waals surface area contributed by atoms with Gasteiger partial charge in [0.25, 0.3) is 0 Å². The fourth-order valence-corrected chi connectivity index (χ4v) is 2.69. The van der Waals surface area contributed by atoms with Gasteiger partial charge in [0.05, 0.1) is 13.2 Å². The maximum Gasteiger partial charge on any atom is 0.0594 e. The summed E-state index contributed by atoms with van der Waals surface area (Å²) in [5.41, 5.74) is 4.45. The SMILES string of the molecule is CC(C)c1ccc(C(C)C)c(CN2CCOCC2)c1. The molecule has 1 aromatic rings. The van der Waals surface area contributed by atoms with E-state index in [-0.39, 0.29) is 0 Å². The van der Waals surface area contributed by atoms with Gasteiger partial charge in [-0.2, -0.15) is 0 Å². The summed E-state index contributed by atoms with van der Waals surface area (Å²) in [7, 11) is 0. The van der Waals surface area contributed by atoms with Crippen LogP contribution in [0, 0.1) is 0 Å². The third-order valence-corrected chi connectivity index (χ3v) is 3.95. The van der Waals surface area contributed by atoms with E-state index >= 15 is 0 Å². The van der Waals surface area contributed by atoms with Crippen molar-refractivity contribution >= 4 is 0 Å².